The molecule has 2 aromatic rings. The minimum atomic E-state index is -0.590. The highest BCUT2D eigenvalue weighted by Crippen LogP contribution is 2.44. The number of carbonyl (C=O) groups excluding carboxylic acids is 1. The molecule has 1 saturated carbocycles. The van der Waals surface area contributed by atoms with E-state index in [9.17, 15) is 9.18 Å². The molecule has 0 spiro atoms. The second kappa shape index (κ2) is 6.84. The van der Waals surface area contributed by atoms with Gasteiger partial charge in [0.25, 0.3) is 0 Å². The molecule has 26 heavy (non-hydrogen) atoms. The molecular weight excluding hydrogens is 327 g/mol. The van der Waals surface area contributed by atoms with Gasteiger partial charge in [-0.05, 0) is 36.1 Å². The van der Waals surface area contributed by atoms with Crippen molar-refractivity contribution in [3.63, 3.8) is 0 Å². The summed E-state index contributed by atoms with van der Waals surface area (Å²) < 4.78 is 13.8. The van der Waals surface area contributed by atoms with Gasteiger partial charge in [-0.1, -0.05) is 55.3 Å². The van der Waals surface area contributed by atoms with Crippen molar-refractivity contribution < 1.29 is 9.18 Å². The molecule has 0 aromatic heterocycles. The van der Waals surface area contributed by atoms with Crippen molar-refractivity contribution in [1.82, 2.24) is 4.90 Å². The molecule has 1 heterocycles. The Bertz CT molecular complexity index is 786. The van der Waals surface area contributed by atoms with Crippen molar-refractivity contribution in [2.24, 2.45) is 5.73 Å². The third-order valence-electron chi connectivity index (χ3n) is 6.12. The molecule has 2 aliphatic rings. The van der Waals surface area contributed by atoms with Crippen LogP contribution >= 0.6 is 0 Å². The Morgan fingerprint density at radius 2 is 1.77 bits per heavy atom. The summed E-state index contributed by atoms with van der Waals surface area (Å²) in [6.07, 6.45) is 3.59. The van der Waals surface area contributed by atoms with Crippen molar-refractivity contribution in [1.29, 1.82) is 0 Å². The minimum absolute atomic E-state index is 0.0627. The third kappa shape index (κ3) is 2.92. The van der Waals surface area contributed by atoms with E-state index in [-0.39, 0.29) is 23.7 Å². The van der Waals surface area contributed by atoms with Crippen molar-refractivity contribution >= 4 is 5.91 Å². The molecule has 1 amide bonds. The Hall–Kier alpha value is -2.20. The number of nitrogens with two attached hydrogens (primary N) is 1. The normalized spacial score (nSPS) is 24.8. The molecule has 1 aliphatic heterocycles. The molecule has 3 nitrogen and oxygen atoms in total. The zero-order chi connectivity index (χ0) is 18.1. The summed E-state index contributed by atoms with van der Waals surface area (Å²) in [6.45, 7) is 1.20. The molecule has 4 heteroatoms. The molecule has 1 aliphatic carbocycles. The Kier molecular flexibility index (Phi) is 4.53. The van der Waals surface area contributed by atoms with Gasteiger partial charge in [-0.2, -0.15) is 0 Å². The van der Waals surface area contributed by atoms with Gasteiger partial charge in [-0.15, -0.1) is 0 Å². The van der Waals surface area contributed by atoms with E-state index in [0.717, 1.165) is 31.2 Å². The highest BCUT2D eigenvalue weighted by atomic mass is 19.1. The van der Waals surface area contributed by atoms with E-state index < -0.39 is 5.41 Å². The van der Waals surface area contributed by atoms with Crippen LogP contribution in [0.2, 0.25) is 0 Å². The van der Waals surface area contributed by atoms with Gasteiger partial charge in [0.15, 0.2) is 0 Å². The Balaban J connectivity index is 1.62. The highest BCUT2D eigenvalue weighted by molar-refractivity contribution is 5.89. The summed E-state index contributed by atoms with van der Waals surface area (Å²) in [5.41, 5.74) is 7.80. The lowest BCUT2D eigenvalue weighted by Crippen LogP contribution is -2.45. The SMILES string of the molecule is N[C@@H]1CN(C(=O)C2(c3cccc(F)c3)CCCC2)C[C@H]1c1ccccc1. The molecule has 2 aromatic carbocycles. The molecule has 2 N–H and O–H groups in total. The first kappa shape index (κ1) is 17.2. The second-order valence-corrected chi connectivity index (χ2v) is 7.69. The van der Waals surface area contributed by atoms with Gasteiger partial charge in [-0.3, -0.25) is 4.79 Å². The number of rotatable bonds is 3. The van der Waals surface area contributed by atoms with Gasteiger partial charge < -0.3 is 10.6 Å². The van der Waals surface area contributed by atoms with Gasteiger partial charge in [0, 0.05) is 25.0 Å². The average molecular weight is 352 g/mol. The summed E-state index contributed by atoms with van der Waals surface area (Å²) in [7, 11) is 0. The van der Waals surface area contributed by atoms with Crippen LogP contribution in [0.25, 0.3) is 0 Å². The van der Waals surface area contributed by atoms with E-state index in [4.69, 9.17) is 5.73 Å². The minimum Gasteiger partial charge on any atom is -0.340 e. The van der Waals surface area contributed by atoms with E-state index in [2.05, 4.69) is 12.1 Å². The van der Waals surface area contributed by atoms with Crippen LogP contribution in [0.4, 0.5) is 4.39 Å². The Labute approximate surface area is 154 Å². The Morgan fingerprint density at radius 1 is 1.04 bits per heavy atom. The molecule has 0 unspecified atom stereocenters. The number of hydrogen-bond donors (Lipinski definition) is 1. The fraction of sp³-hybridized carbons (Fsp3) is 0.409. The summed E-state index contributed by atoms with van der Waals surface area (Å²) >= 11 is 0. The zero-order valence-electron chi connectivity index (χ0n) is 14.9. The number of amides is 1. The summed E-state index contributed by atoms with van der Waals surface area (Å²) in [5, 5.41) is 0. The monoisotopic (exact) mass is 352 g/mol. The van der Waals surface area contributed by atoms with Crippen LogP contribution in [0.15, 0.2) is 54.6 Å². The van der Waals surface area contributed by atoms with Crippen LogP contribution in [0.1, 0.15) is 42.7 Å². The molecule has 4 rings (SSSR count). The van der Waals surface area contributed by atoms with Crippen molar-refractivity contribution in [2.75, 3.05) is 13.1 Å². The largest absolute Gasteiger partial charge is 0.340 e. The van der Waals surface area contributed by atoms with Crippen molar-refractivity contribution in [2.45, 2.75) is 43.1 Å². The third-order valence-corrected chi connectivity index (χ3v) is 6.12. The van der Waals surface area contributed by atoms with E-state index in [1.807, 2.05) is 29.2 Å². The van der Waals surface area contributed by atoms with E-state index in [0.29, 0.717) is 13.1 Å². The van der Waals surface area contributed by atoms with Crippen LogP contribution < -0.4 is 5.73 Å². The molecule has 2 atom stereocenters. The number of likely N-dealkylation sites (tertiary alicyclic amines) is 1. The zero-order valence-corrected chi connectivity index (χ0v) is 14.9. The number of nitrogens with zero attached hydrogens (tertiary/aromatic N) is 1. The summed E-state index contributed by atoms with van der Waals surface area (Å²) in [4.78, 5) is 15.5. The van der Waals surface area contributed by atoms with Gasteiger partial charge in [0.2, 0.25) is 5.91 Å². The topological polar surface area (TPSA) is 46.3 Å². The van der Waals surface area contributed by atoms with Gasteiger partial charge >= 0.3 is 0 Å². The van der Waals surface area contributed by atoms with E-state index in [1.54, 1.807) is 6.07 Å². The Morgan fingerprint density at radius 3 is 2.46 bits per heavy atom. The maximum atomic E-state index is 13.8. The summed E-state index contributed by atoms with van der Waals surface area (Å²) in [6, 6.07) is 16.7. The van der Waals surface area contributed by atoms with Crippen LogP contribution in [0.3, 0.4) is 0 Å². The molecule has 0 radical (unpaired) electrons. The first-order valence-corrected chi connectivity index (χ1v) is 9.46. The quantitative estimate of drug-likeness (QED) is 0.918. The lowest BCUT2D eigenvalue weighted by Gasteiger charge is -2.33. The first-order valence-electron chi connectivity index (χ1n) is 9.46. The maximum absolute atomic E-state index is 13.8. The molecule has 2 fully saturated rings. The fourth-order valence-electron chi connectivity index (χ4n) is 4.74. The summed E-state index contributed by atoms with van der Waals surface area (Å²) in [5.74, 6) is 0.00227. The van der Waals surface area contributed by atoms with Gasteiger partial charge in [-0.25, -0.2) is 4.39 Å². The number of benzene rings is 2. The number of halogens is 1. The van der Waals surface area contributed by atoms with Crippen molar-refractivity contribution in [3.8, 4) is 0 Å². The lowest BCUT2D eigenvalue weighted by atomic mass is 9.77. The maximum Gasteiger partial charge on any atom is 0.233 e. The van der Waals surface area contributed by atoms with E-state index >= 15 is 0 Å². The van der Waals surface area contributed by atoms with Crippen LogP contribution in [-0.2, 0) is 10.2 Å². The molecule has 1 saturated heterocycles. The number of hydrogen-bond acceptors (Lipinski definition) is 2. The fourth-order valence-corrected chi connectivity index (χ4v) is 4.74. The molecule has 0 bridgehead atoms. The average Bonchev–Trinajstić information content (AvgIpc) is 3.30. The second-order valence-electron chi connectivity index (χ2n) is 7.69. The van der Waals surface area contributed by atoms with Crippen LogP contribution in [0.5, 0.6) is 0 Å². The predicted octanol–water partition coefficient (Wildman–Crippen LogP) is 3.59. The smallest absolute Gasteiger partial charge is 0.233 e. The van der Waals surface area contributed by atoms with Gasteiger partial charge in [0.05, 0.1) is 5.41 Å². The molecular formula is C22H25FN2O. The van der Waals surface area contributed by atoms with Gasteiger partial charge in [0.1, 0.15) is 5.82 Å². The van der Waals surface area contributed by atoms with Crippen LogP contribution in [0, 0.1) is 5.82 Å². The predicted molar refractivity (Wildman–Crippen MR) is 100 cm³/mol. The highest BCUT2D eigenvalue weighted by Gasteiger charge is 2.47. The van der Waals surface area contributed by atoms with Crippen LogP contribution in [-0.4, -0.2) is 29.9 Å². The number of carbonyl (C=O) groups is 1. The van der Waals surface area contributed by atoms with Crippen molar-refractivity contribution in [3.05, 3.63) is 71.5 Å². The molecule has 136 valence electrons. The van der Waals surface area contributed by atoms with E-state index in [1.165, 1.54) is 17.7 Å². The lowest BCUT2D eigenvalue weighted by molar-refractivity contribution is -0.136. The standard InChI is InChI=1S/C22H25FN2O/c23-18-10-6-9-17(13-18)22(11-4-5-12-22)21(26)25-14-19(20(24)15-25)16-7-2-1-3-8-16/h1-3,6-10,13,19-20H,4-5,11-12,14-15,24H2/t19-,20+/m0/s1. The first-order chi connectivity index (χ1) is 12.6.